The number of amides is 2. The van der Waals surface area contributed by atoms with E-state index in [2.05, 4.69) is 10.6 Å². The fraction of sp³-hybridized carbons (Fsp3) is 0.143. The second-order valence-electron chi connectivity index (χ2n) is 6.30. The molecule has 0 radical (unpaired) electrons. The molecule has 6 heteroatoms. The number of hydrogen-bond acceptors (Lipinski definition) is 3. The van der Waals surface area contributed by atoms with Gasteiger partial charge in [-0.25, -0.2) is 4.39 Å². The van der Waals surface area contributed by atoms with Crippen molar-refractivity contribution in [3.63, 3.8) is 0 Å². The molecule has 0 spiro atoms. The van der Waals surface area contributed by atoms with Crippen LogP contribution in [0.3, 0.4) is 0 Å². The van der Waals surface area contributed by atoms with Crippen molar-refractivity contribution in [3.05, 3.63) is 72.5 Å². The summed E-state index contributed by atoms with van der Waals surface area (Å²) in [5, 5.41) is 7.57. The Morgan fingerprint density at radius 2 is 1.48 bits per heavy atom. The van der Waals surface area contributed by atoms with Gasteiger partial charge in [0.25, 0.3) is 0 Å². The number of hydrogen-bond donors (Lipinski definition) is 2. The van der Waals surface area contributed by atoms with Crippen molar-refractivity contribution in [2.24, 2.45) is 0 Å². The standard InChI is InChI=1S/C21H20FN3O2/c1-25(13-20(26)23-17-11-9-16(22)10-12-17)14-21(27)24-19-8-4-6-15-5-2-3-7-18(15)19/h2-12H,13-14H2,1H3,(H,23,26)(H,24,27). The highest BCUT2D eigenvalue weighted by molar-refractivity contribution is 6.02. The summed E-state index contributed by atoms with van der Waals surface area (Å²) in [4.78, 5) is 26.0. The first kappa shape index (κ1) is 18.5. The molecule has 2 amide bonds. The maximum Gasteiger partial charge on any atom is 0.238 e. The van der Waals surface area contributed by atoms with E-state index in [-0.39, 0.29) is 30.7 Å². The van der Waals surface area contributed by atoms with Gasteiger partial charge >= 0.3 is 0 Å². The second kappa shape index (κ2) is 8.42. The number of carbonyl (C=O) groups excluding carboxylic acids is 2. The molecule has 0 fully saturated rings. The van der Waals surface area contributed by atoms with E-state index >= 15 is 0 Å². The average Bonchev–Trinajstić information content (AvgIpc) is 2.63. The first-order chi connectivity index (χ1) is 13.0. The Kier molecular flexibility index (Phi) is 5.78. The van der Waals surface area contributed by atoms with Crippen molar-refractivity contribution in [2.75, 3.05) is 30.8 Å². The molecular weight excluding hydrogens is 345 g/mol. The van der Waals surface area contributed by atoms with Gasteiger partial charge in [-0.15, -0.1) is 0 Å². The van der Waals surface area contributed by atoms with Gasteiger partial charge in [-0.1, -0.05) is 36.4 Å². The van der Waals surface area contributed by atoms with E-state index in [1.54, 1.807) is 11.9 Å². The van der Waals surface area contributed by atoms with E-state index < -0.39 is 0 Å². The highest BCUT2D eigenvalue weighted by Gasteiger charge is 2.12. The minimum atomic E-state index is -0.366. The zero-order valence-corrected chi connectivity index (χ0v) is 14.9. The van der Waals surface area contributed by atoms with Crippen LogP contribution in [-0.2, 0) is 9.59 Å². The van der Waals surface area contributed by atoms with Crippen molar-refractivity contribution < 1.29 is 14.0 Å². The summed E-state index contributed by atoms with van der Waals surface area (Å²) in [6, 6.07) is 19.0. The van der Waals surface area contributed by atoms with Gasteiger partial charge in [0.1, 0.15) is 5.82 Å². The lowest BCUT2D eigenvalue weighted by molar-refractivity contribution is -0.119. The molecule has 0 aromatic heterocycles. The van der Waals surface area contributed by atoms with Gasteiger partial charge in [-0.2, -0.15) is 0 Å². The lowest BCUT2D eigenvalue weighted by Crippen LogP contribution is -2.36. The Labute approximate surface area is 156 Å². The molecular formula is C21H20FN3O2. The van der Waals surface area contributed by atoms with Crippen molar-refractivity contribution in [3.8, 4) is 0 Å². The molecule has 27 heavy (non-hydrogen) atoms. The van der Waals surface area contributed by atoms with Crippen LogP contribution in [0.5, 0.6) is 0 Å². The monoisotopic (exact) mass is 365 g/mol. The molecule has 3 rings (SSSR count). The largest absolute Gasteiger partial charge is 0.325 e. The number of halogens is 1. The molecule has 0 atom stereocenters. The fourth-order valence-electron chi connectivity index (χ4n) is 2.80. The third-order valence-electron chi connectivity index (χ3n) is 4.02. The fourth-order valence-corrected chi connectivity index (χ4v) is 2.80. The quantitative estimate of drug-likeness (QED) is 0.703. The molecule has 0 saturated carbocycles. The second-order valence-corrected chi connectivity index (χ2v) is 6.30. The number of carbonyl (C=O) groups is 2. The molecule has 0 bridgehead atoms. The highest BCUT2D eigenvalue weighted by atomic mass is 19.1. The van der Waals surface area contributed by atoms with E-state index in [0.29, 0.717) is 5.69 Å². The number of benzene rings is 3. The summed E-state index contributed by atoms with van der Waals surface area (Å²) >= 11 is 0. The van der Waals surface area contributed by atoms with Gasteiger partial charge < -0.3 is 10.6 Å². The molecule has 0 aliphatic heterocycles. The zero-order valence-electron chi connectivity index (χ0n) is 14.9. The highest BCUT2D eigenvalue weighted by Crippen LogP contribution is 2.22. The van der Waals surface area contributed by atoms with Crippen LogP contribution >= 0.6 is 0 Å². The van der Waals surface area contributed by atoms with Gasteiger partial charge in [0, 0.05) is 16.8 Å². The van der Waals surface area contributed by atoms with Crippen LogP contribution in [0.4, 0.5) is 15.8 Å². The predicted octanol–water partition coefficient (Wildman–Crippen LogP) is 3.49. The Bertz CT molecular complexity index is 952. The molecule has 0 saturated heterocycles. The minimum absolute atomic E-state index is 0.0420. The van der Waals surface area contributed by atoms with E-state index in [1.807, 2.05) is 42.5 Å². The third kappa shape index (κ3) is 5.12. The van der Waals surface area contributed by atoms with E-state index in [4.69, 9.17) is 0 Å². The molecule has 2 N–H and O–H groups in total. The lowest BCUT2D eigenvalue weighted by Gasteiger charge is -2.16. The van der Waals surface area contributed by atoms with Crippen LogP contribution in [0.15, 0.2) is 66.7 Å². The SMILES string of the molecule is CN(CC(=O)Nc1ccc(F)cc1)CC(=O)Nc1cccc2ccccc12. The summed E-state index contributed by atoms with van der Waals surface area (Å²) in [6.45, 7) is 0.112. The van der Waals surface area contributed by atoms with E-state index in [1.165, 1.54) is 24.3 Å². The average molecular weight is 365 g/mol. The summed E-state index contributed by atoms with van der Waals surface area (Å²) in [5.74, 6) is -0.847. The predicted molar refractivity (Wildman–Crippen MR) is 105 cm³/mol. The number of anilines is 2. The van der Waals surface area contributed by atoms with Crippen LogP contribution in [0.2, 0.25) is 0 Å². The number of nitrogens with zero attached hydrogens (tertiary/aromatic N) is 1. The number of fused-ring (bicyclic) bond motifs is 1. The maximum atomic E-state index is 12.9. The molecule has 3 aromatic rings. The van der Waals surface area contributed by atoms with Crippen molar-refractivity contribution in [1.82, 2.24) is 4.90 Å². The summed E-state index contributed by atoms with van der Waals surface area (Å²) in [6.07, 6.45) is 0. The molecule has 138 valence electrons. The first-order valence-corrected chi connectivity index (χ1v) is 8.53. The number of nitrogens with one attached hydrogen (secondary N) is 2. The van der Waals surface area contributed by atoms with Crippen LogP contribution < -0.4 is 10.6 Å². The van der Waals surface area contributed by atoms with Gasteiger partial charge in [0.2, 0.25) is 11.8 Å². The van der Waals surface area contributed by atoms with Crippen LogP contribution in [-0.4, -0.2) is 36.9 Å². The van der Waals surface area contributed by atoms with Crippen molar-refractivity contribution in [1.29, 1.82) is 0 Å². The van der Waals surface area contributed by atoms with Crippen LogP contribution in [0, 0.1) is 5.82 Å². The third-order valence-corrected chi connectivity index (χ3v) is 4.02. The molecule has 0 heterocycles. The van der Waals surface area contributed by atoms with Crippen molar-refractivity contribution in [2.45, 2.75) is 0 Å². The lowest BCUT2D eigenvalue weighted by atomic mass is 10.1. The summed E-state index contributed by atoms with van der Waals surface area (Å²) < 4.78 is 12.9. The van der Waals surface area contributed by atoms with Gasteiger partial charge in [-0.05, 0) is 42.8 Å². The molecule has 0 aliphatic rings. The Morgan fingerprint density at radius 1 is 0.852 bits per heavy atom. The zero-order chi connectivity index (χ0) is 19.2. The maximum absolute atomic E-state index is 12.9. The topological polar surface area (TPSA) is 61.4 Å². The molecule has 0 unspecified atom stereocenters. The van der Waals surface area contributed by atoms with Gasteiger partial charge in [0.15, 0.2) is 0 Å². The minimum Gasteiger partial charge on any atom is -0.325 e. The normalized spacial score (nSPS) is 10.8. The van der Waals surface area contributed by atoms with Crippen LogP contribution in [0.1, 0.15) is 0 Å². The number of rotatable bonds is 6. The van der Waals surface area contributed by atoms with Gasteiger partial charge in [0.05, 0.1) is 13.1 Å². The first-order valence-electron chi connectivity index (χ1n) is 8.53. The van der Waals surface area contributed by atoms with Crippen LogP contribution in [0.25, 0.3) is 10.8 Å². The Balaban J connectivity index is 1.54. The van der Waals surface area contributed by atoms with E-state index in [0.717, 1.165) is 16.5 Å². The van der Waals surface area contributed by atoms with E-state index in [9.17, 15) is 14.0 Å². The molecule has 3 aromatic carbocycles. The summed E-state index contributed by atoms with van der Waals surface area (Å²) in [7, 11) is 1.69. The Morgan fingerprint density at radius 3 is 2.22 bits per heavy atom. The van der Waals surface area contributed by atoms with Gasteiger partial charge in [-0.3, -0.25) is 14.5 Å². The Hall–Kier alpha value is -3.25. The molecule has 0 aliphatic carbocycles. The summed E-state index contributed by atoms with van der Waals surface area (Å²) in [5.41, 5.74) is 1.25. The smallest absolute Gasteiger partial charge is 0.238 e. The molecule has 5 nitrogen and oxygen atoms in total. The van der Waals surface area contributed by atoms with Crippen molar-refractivity contribution >= 4 is 34.0 Å². The number of likely N-dealkylation sites (N-methyl/N-ethyl adjacent to an activating group) is 1.